The van der Waals surface area contributed by atoms with Crippen LogP contribution in [-0.2, 0) is 4.79 Å². The van der Waals surface area contributed by atoms with Gasteiger partial charge in [0.1, 0.15) is 0 Å². The fourth-order valence-electron chi connectivity index (χ4n) is 3.99. The van der Waals surface area contributed by atoms with E-state index in [-0.39, 0.29) is 5.92 Å². The molecular weight excluding hydrogens is 250 g/mol. The van der Waals surface area contributed by atoms with Crippen LogP contribution in [0.3, 0.4) is 0 Å². The molecular formula is C16H29N3O. The summed E-state index contributed by atoms with van der Waals surface area (Å²) in [7, 11) is 0. The molecule has 0 bridgehead atoms. The van der Waals surface area contributed by atoms with E-state index < -0.39 is 0 Å². The summed E-state index contributed by atoms with van der Waals surface area (Å²) in [5.74, 6) is 1.48. The summed E-state index contributed by atoms with van der Waals surface area (Å²) >= 11 is 0. The highest BCUT2D eigenvalue weighted by molar-refractivity contribution is 5.79. The van der Waals surface area contributed by atoms with Gasteiger partial charge in [0.25, 0.3) is 0 Å². The molecule has 0 radical (unpaired) electrons. The first-order valence-electron chi connectivity index (χ1n) is 8.55. The van der Waals surface area contributed by atoms with Crippen molar-refractivity contribution in [3.63, 3.8) is 0 Å². The molecule has 3 aliphatic rings. The van der Waals surface area contributed by atoms with Crippen molar-refractivity contribution in [1.29, 1.82) is 0 Å². The molecule has 20 heavy (non-hydrogen) atoms. The molecule has 0 spiro atoms. The van der Waals surface area contributed by atoms with Crippen molar-refractivity contribution < 1.29 is 4.79 Å². The van der Waals surface area contributed by atoms with E-state index in [1.54, 1.807) is 0 Å². The van der Waals surface area contributed by atoms with E-state index >= 15 is 0 Å². The lowest BCUT2D eigenvalue weighted by atomic mass is 9.93. The third-order valence-corrected chi connectivity index (χ3v) is 5.29. The minimum absolute atomic E-state index is 0.249. The highest BCUT2D eigenvalue weighted by atomic mass is 16.2. The van der Waals surface area contributed by atoms with Crippen LogP contribution in [0.2, 0.25) is 0 Å². The van der Waals surface area contributed by atoms with Gasteiger partial charge in [-0.1, -0.05) is 0 Å². The van der Waals surface area contributed by atoms with Gasteiger partial charge in [-0.3, -0.25) is 4.79 Å². The van der Waals surface area contributed by atoms with Gasteiger partial charge in [-0.05, 0) is 64.1 Å². The zero-order valence-electron chi connectivity index (χ0n) is 12.6. The Morgan fingerprint density at radius 2 is 1.75 bits per heavy atom. The van der Waals surface area contributed by atoms with E-state index in [9.17, 15) is 4.79 Å². The van der Waals surface area contributed by atoms with Crippen LogP contribution >= 0.6 is 0 Å². The molecule has 1 N–H and O–H groups in total. The van der Waals surface area contributed by atoms with Gasteiger partial charge in [0.05, 0.1) is 5.92 Å². The van der Waals surface area contributed by atoms with Crippen LogP contribution in [0.25, 0.3) is 0 Å². The van der Waals surface area contributed by atoms with Crippen molar-refractivity contribution in [3.8, 4) is 0 Å². The second-order valence-corrected chi connectivity index (χ2v) is 6.82. The molecule has 4 heteroatoms. The first-order valence-corrected chi connectivity index (χ1v) is 8.55. The highest BCUT2D eigenvalue weighted by Gasteiger charge is 2.29. The van der Waals surface area contributed by atoms with Crippen LogP contribution in [0.4, 0.5) is 0 Å². The third kappa shape index (κ3) is 3.53. The maximum atomic E-state index is 12.5. The molecule has 0 aromatic carbocycles. The summed E-state index contributed by atoms with van der Waals surface area (Å²) in [6.07, 6.45) is 7.42. The molecule has 3 saturated heterocycles. The van der Waals surface area contributed by atoms with Crippen molar-refractivity contribution in [3.05, 3.63) is 0 Å². The van der Waals surface area contributed by atoms with Gasteiger partial charge in [0.2, 0.25) is 5.91 Å². The SMILES string of the molecule is O=C([C@@H]1CCCNC1)N1CCC(CN2CCCC2)CC1. The molecule has 0 aromatic heterocycles. The molecule has 3 heterocycles. The molecule has 4 nitrogen and oxygen atoms in total. The number of hydrogen-bond acceptors (Lipinski definition) is 3. The summed E-state index contributed by atoms with van der Waals surface area (Å²) in [6, 6.07) is 0. The molecule has 1 atom stereocenters. The zero-order valence-corrected chi connectivity index (χ0v) is 12.6. The first kappa shape index (κ1) is 14.3. The van der Waals surface area contributed by atoms with Crippen LogP contribution < -0.4 is 5.32 Å². The van der Waals surface area contributed by atoms with Gasteiger partial charge < -0.3 is 15.1 Å². The Balaban J connectivity index is 1.41. The maximum absolute atomic E-state index is 12.5. The molecule has 0 unspecified atom stereocenters. The Kier molecular flexibility index (Phi) is 4.94. The van der Waals surface area contributed by atoms with E-state index in [0.717, 1.165) is 44.9 Å². The van der Waals surface area contributed by atoms with Gasteiger partial charge in [0, 0.05) is 26.2 Å². The van der Waals surface area contributed by atoms with E-state index in [1.165, 1.54) is 45.3 Å². The average Bonchev–Trinajstić information content (AvgIpc) is 3.01. The second-order valence-electron chi connectivity index (χ2n) is 6.82. The number of nitrogens with zero attached hydrogens (tertiary/aromatic N) is 2. The summed E-state index contributed by atoms with van der Waals surface area (Å²) in [6.45, 7) is 7.84. The number of nitrogens with one attached hydrogen (secondary N) is 1. The quantitative estimate of drug-likeness (QED) is 0.846. The number of piperidine rings is 2. The van der Waals surface area contributed by atoms with E-state index in [0.29, 0.717) is 5.91 Å². The van der Waals surface area contributed by atoms with Crippen molar-refractivity contribution in [1.82, 2.24) is 15.1 Å². The number of carbonyl (C=O) groups is 1. The summed E-state index contributed by atoms with van der Waals surface area (Å²) in [4.78, 5) is 17.2. The van der Waals surface area contributed by atoms with Crippen molar-refractivity contribution in [2.24, 2.45) is 11.8 Å². The Morgan fingerprint density at radius 1 is 1.00 bits per heavy atom. The fraction of sp³-hybridized carbons (Fsp3) is 0.938. The Hall–Kier alpha value is -0.610. The number of carbonyl (C=O) groups excluding carboxylic acids is 1. The second kappa shape index (κ2) is 6.90. The van der Waals surface area contributed by atoms with Gasteiger partial charge in [0.15, 0.2) is 0 Å². The van der Waals surface area contributed by atoms with Crippen molar-refractivity contribution in [2.45, 2.75) is 38.5 Å². The Bertz CT molecular complexity index is 314. The van der Waals surface area contributed by atoms with Crippen molar-refractivity contribution in [2.75, 3.05) is 45.8 Å². The van der Waals surface area contributed by atoms with Crippen LogP contribution in [0.1, 0.15) is 38.5 Å². The van der Waals surface area contributed by atoms with Gasteiger partial charge in [-0.15, -0.1) is 0 Å². The third-order valence-electron chi connectivity index (χ3n) is 5.29. The van der Waals surface area contributed by atoms with Crippen LogP contribution in [-0.4, -0.2) is 61.5 Å². The fourth-order valence-corrected chi connectivity index (χ4v) is 3.99. The molecule has 3 fully saturated rings. The molecule has 0 saturated carbocycles. The summed E-state index contributed by atoms with van der Waals surface area (Å²) < 4.78 is 0. The van der Waals surface area contributed by atoms with Gasteiger partial charge in [-0.25, -0.2) is 0 Å². The molecule has 1 amide bonds. The van der Waals surface area contributed by atoms with Crippen LogP contribution in [0.5, 0.6) is 0 Å². The normalized spacial score (nSPS) is 29.8. The van der Waals surface area contributed by atoms with Gasteiger partial charge in [-0.2, -0.15) is 0 Å². The predicted molar refractivity (Wildman–Crippen MR) is 80.6 cm³/mol. The topological polar surface area (TPSA) is 35.6 Å². The maximum Gasteiger partial charge on any atom is 0.226 e. The number of likely N-dealkylation sites (tertiary alicyclic amines) is 2. The van der Waals surface area contributed by atoms with E-state index in [2.05, 4.69) is 15.1 Å². The molecule has 0 aliphatic carbocycles. The predicted octanol–water partition coefficient (Wildman–Crippen LogP) is 1.32. The molecule has 0 aromatic rings. The lowest BCUT2D eigenvalue weighted by Crippen LogP contribution is -2.47. The van der Waals surface area contributed by atoms with E-state index in [4.69, 9.17) is 0 Å². The lowest BCUT2D eigenvalue weighted by Gasteiger charge is -2.36. The van der Waals surface area contributed by atoms with Crippen LogP contribution in [0.15, 0.2) is 0 Å². The first-order chi connectivity index (χ1) is 9.83. The summed E-state index contributed by atoms with van der Waals surface area (Å²) in [5, 5.41) is 3.36. The standard InChI is InChI=1S/C16H29N3O/c20-16(15-4-3-7-17-12-15)19-10-5-14(6-11-19)13-18-8-1-2-9-18/h14-15,17H,1-13H2/t15-/m1/s1. The monoisotopic (exact) mass is 279 g/mol. The molecule has 3 aliphatic heterocycles. The van der Waals surface area contributed by atoms with Gasteiger partial charge >= 0.3 is 0 Å². The largest absolute Gasteiger partial charge is 0.342 e. The highest BCUT2D eigenvalue weighted by Crippen LogP contribution is 2.23. The Labute approximate surface area is 122 Å². The minimum atomic E-state index is 0.249. The molecule has 114 valence electrons. The number of hydrogen-bond donors (Lipinski definition) is 1. The number of amides is 1. The zero-order chi connectivity index (χ0) is 13.8. The Morgan fingerprint density at radius 3 is 2.40 bits per heavy atom. The van der Waals surface area contributed by atoms with Crippen molar-refractivity contribution >= 4 is 5.91 Å². The van der Waals surface area contributed by atoms with E-state index in [1.807, 2.05) is 0 Å². The van der Waals surface area contributed by atoms with Crippen LogP contribution in [0, 0.1) is 11.8 Å². The minimum Gasteiger partial charge on any atom is -0.342 e. The summed E-state index contributed by atoms with van der Waals surface area (Å²) in [5.41, 5.74) is 0. The molecule has 3 rings (SSSR count). The number of rotatable bonds is 3. The lowest BCUT2D eigenvalue weighted by molar-refractivity contribution is -0.137. The average molecular weight is 279 g/mol. The smallest absolute Gasteiger partial charge is 0.226 e.